The van der Waals surface area contributed by atoms with Crippen molar-refractivity contribution in [3.05, 3.63) is 82.8 Å². The number of amides is 2. The number of nitrogens with zero attached hydrogens (tertiary/aromatic N) is 1. The average molecular weight is 404 g/mol. The molecule has 1 saturated heterocycles. The minimum absolute atomic E-state index is 0.168. The summed E-state index contributed by atoms with van der Waals surface area (Å²) in [4.78, 5) is 25.6. The Kier molecular flexibility index (Phi) is 5.89. The van der Waals surface area contributed by atoms with Crippen molar-refractivity contribution in [3.63, 3.8) is 0 Å². The minimum atomic E-state index is -4.46. The van der Waals surface area contributed by atoms with E-state index >= 15 is 0 Å². The molecule has 0 aromatic heterocycles. The average Bonchev–Trinajstić information content (AvgIpc) is 2.94. The molecule has 0 unspecified atom stereocenters. The van der Waals surface area contributed by atoms with Gasteiger partial charge in [0.15, 0.2) is 0 Å². The van der Waals surface area contributed by atoms with Gasteiger partial charge >= 0.3 is 6.18 Å². The van der Waals surface area contributed by atoms with E-state index in [0.29, 0.717) is 0 Å². The number of alkyl halides is 3. The van der Waals surface area contributed by atoms with Gasteiger partial charge in [-0.2, -0.15) is 13.2 Å². The molecule has 0 bridgehead atoms. The Bertz CT molecular complexity index is 940. The number of hydrogen-bond donors (Lipinski definition) is 1. The van der Waals surface area contributed by atoms with Crippen LogP contribution in [0.5, 0.6) is 0 Å². The van der Waals surface area contributed by atoms with Crippen molar-refractivity contribution in [2.24, 2.45) is 0 Å². The number of carbonyl (C=O) groups excluding carboxylic acids is 2. The zero-order valence-electron chi connectivity index (χ0n) is 14.4. The van der Waals surface area contributed by atoms with Crippen LogP contribution in [0.25, 0.3) is 6.08 Å². The molecule has 4 nitrogen and oxygen atoms in total. The Morgan fingerprint density at radius 1 is 1.04 bits per heavy atom. The molecule has 0 aliphatic carbocycles. The monoisotopic (exact) mass is 404 g/mol. The molecule has 1 aliphatic heterocycles. The number of allylic oxidation sites excluding steroid dienone is 2. The Labute approximate surface area is 163 Å². The fourth-order valence-electron chi connectivity index (χ4n) is 2.44. The van der Waals surface area contributed by atoms with E-state index in [1.54, 1.807) is 18.2 Å². The SMILES string of the molecule is O=C1SC(=CC=Cc2ccccc2)C(=O)N1CNc1cccc(C(F)(F)F)c1. The molecule has 0 saturated carbocycles. The Morgan fingerprint density at radius 2 is 1.79 bits per heavy atom. The van der Waals surface area contributed by atoms with Crippen molar-refractivity contribution in [2.45, 2.75) is 6.18 Å². The summed E-state index contributed by atoms with van der Waals surface area (Å²) >= 11 is 0.787. The lowest BCUT2D eigenvalue weighted by Gasteiger charge is -2.15. The van der Waals surface area contributed by atoms with E-state index in [4.69, 9.17) is 0 Å². The maximum Gasteiger partial charge on any atom is 0.416 e. The first-order chi connectivity index (χ1) is 13.3. The zero-order chi connectivity index (χ0) is 20.1. The molecule has 0 radical (unpaired) electrons. The molecule has 1 heterocycles. The van der Waals surface area contributed by atoms with Gasteiger partial charge in [-0.05, 0) is 41.6 Å². The van der Waals surface area contributed by atoms with Crippen LogP contribution in [0, 0.1) is 0 Å². The molecule has 0 spiro atoms. The predicted octanol–water partition coefficient (Wildman–Crippen LogP) is 5.37. The molecule has 3 rings (SSSR count). The van der Waals surface area contributed by atoms with E-state index in [2.05, 4.69) is 5.32 Å². The number of benzene rings is 2. The lowest BCUT2D eigenvalue weighted by atomic mass is 10.2. The highest BCUT2D eigenvalue weighted by Crippen LogP contribution is 2.32. The third-order valence-corrected chi connectivity index (χ3v) is 4.77. The van der Waals surface area contributed by atoms with E-state index in [1.807, 2.05) is 30.3 Å². The highest BCUT2D eigenvalue weighted by atomic mass is 32.2. The number of nitrogens with one attached hydrogen (secondary N) is 1. The van der Waals surface area contributed by atoms with Crippen LogP contribution in [0.1, 0.15) is 11.1 Å². The van der Waals surface area contributed by atoms with Crippen LogP contribution in [-0.2, 0) is 11.0 Å². The molecule has 1 aliphatic rings. The van der Waals surface area contributed by atoms with Crippen LogP contribution in [-0.4, -0.2) is 22.7 Å². The summed E-state index contributed by atoms with van der Waals surface area (Å²) in [5.41, 5.74) is 0.309. The Hall–Kier alpha value is -3.00. The summed E-state index contributed by atoms with van der Waals surface area (Å²) in [6.07, 6.45) is 0.553. The van der Waals surface area contributed by atoms with Gasteiger partial charge in [0.05, 0.1) is 17.1 Å². The maximum atomic E-state index is 12.8. The first-order valence-electron chi connectivity index (χ1n) is 8.23. The number of rotatable bonds is 5. The largest absolute Gasteiger partial charge is 0.416 e. The van der Waals surface area contributed by atoms with E-state index in [1.165, 1.54) is 12.1 Å². The van der Waals surface area contributed by atoms with Crippen molar-refractivity contribution < 1.29 is 22.8 Å². The van der Waals surface area contributed by atoms with Crippen molar-refractivity contribution in [1.29, 1.82) is 0 Å². The highest BCUT2D eigenvalue weighted by Gasteiger charge is 2.34. The maximum absolute atomic E-state index is 12.8. The number of halogens is 3. The summed E-state index contributed by atoms with van der Waals surface area (Å²) in [6, 6.07) is 14.0. The smallest absolute Gasteiger partial charge is 0.367 e. The van der Waals surface area contributed by atoms with Gasteiger partial charge in [0.2, 0.25) is 0 Å². The summed E-state index contributed by atoms with van der Waals surface area (Å²) in [5, 5.41) is 2.21. The molecule has 144 valence electrons. The molecule has 2 amide bonds. The van der Waals surface area contributed by atoms with Gasteiger partial charge in [-0.1, -0.05) is 48.6 Å². The van der Waals surface area contributed by atoms with Gasteiger partial charge in [0.25, 0.3) is 11.1 Å². The van der Waals surface area contributed by atoms with Gasteiger partial charge in [0, 0.05) is 5.69 Å². The van der Waals surface area contributed by atoms with E-state index in [0.717, 1.165) is 34.4 Å². The number of imide groups is 1. The fraction of sp³-hybridized carbons (Fsp3) is 0.100. The molecule has 1 fully saturated rings. The lowest BCUT2D eigenvalue weighted by Crippen LogP contribution is -2.33. The summed E-state index contributed by atoms with van der Waals surface area (Å²) in [6.45, 7) is -0.217. The van der Waals surface area contributed by atoms with Gasteiger partial charge in [-0.25, -0.2) is 0 Å². The molecule has 0 atom stereocenters. The van der Waals surface area contributed by atoms with Crippen LogP contribution in [0.3, 0.4) is 0 Å². The third kappa shape index (κ3) is 4.83. The van der Waals surface area contributed by atoms with Crippen molar-refractivity contribution in [1.82, 2.24) is 4.90 Å². The van der Waals surface area contributed by atoms with Crippen LogP contribution >= 0.6 is 11.8 Å². The number of anilines is 1. The zero-order valence-corrected chi connectivity index (χ0v) is 15.3. The van der Waals surface area contributed by atoms with Crippen molar-refractivity contribution in [3.8, 4) is 0 Å². The second-order valence-corrected chi connectivity index (χ2v) is 6.81. The molecule has 2 aromatic rings. The summed E-state index contributed by atoms with van der Waals surface area (Å²) in [5.74, 6) is -0.493. The number of carbonyl (C=O) groups is 2. The topological polar surface area (TPSA) is 49.4 Å². The van der Waals surface area contributed by atoms with Crippen molar-refractivity contribution in [2.75, 3.05) is 12.0 Å². The first-order valence-corrected chi connectivity index (χ1v) is 9.04. The first kappa shape index (κ1) is 19.8. The van der Waals surface area contributed by atoms with Crippen LogP contribution in [0.15, 0.2) is 71.7 Å². The van der Waals surface area contributed by atoms with E-state index in [9.17, 15) is 22.8 Å². The molecule has 8 heteroatoms. The molecule has 28 heavy (non-hydrogen) atoms. The standard InChI is InChI=1S/C20H15F3N2O2S/c21-20(22,23)15-9-5-10-16(12-15)24-13-25-18(26)17(28-19(25)27)11-4-8-14-6-2-1-3-7-14/h1-12,24H,13H2. The second kappa shape index (κ2) is 8.35. The van der Waals surface area contributed by atoms with E-state index < -0.39 is 22.9 Å². The normalized spacial score (nSPS) is 16.4. The van der Waals surface area contributed by atoms with Crippen molar-refractivity contribution >= 4 is 34.7 Å². The highest BCUT2D eigenvalue weighted by molar-refractivity contribution is 8.18. The number of hydrogen-bond acceptors (Lipinski definition) is 4. The molecule has 2 aromatic carbocycles. The van der Waals surface area contributed by atoms with Gasteiger partial charge in [-0.3, -0.25) is 14.5 Å². The summed E-state index contributed by atoms with van der Waals surface area (Å²) < 4.78 is 38.3. The van der Waals surface area contributed by atoms with Gasteiger partial charge in [-0.15, -0.1) is 0 Å². The fourth-order valence-corrected chi connectivity index (χ4v) is 3.23. The van der Waals surface area contributed by atoms with Gasteiger partial charge < -0.3 is 5.32 Å². The van der Waals surface area contributed by atoms with Crippen LogP contribution in [0.2, 0.25) is 0 Å². The quantitative estimate of drug-likeness (QED) is 0.681. The predicted molar refractivity (Wildman–Crippen MR) is 103 cm³/mol. The molecular formula is C20H15F3N2O2S. The summed E-state index contributed by atoms with van der Waals surface area (Å²) in [7, 11) is 0. The molecular weight excluding hydrogens is 389 g/mol. The van der Waals surface area contributed by atoms with Gasteiger partial charge in [0.1, 0.15) is 0 Å². The Morgan fingerprint density at radius 3 is 2.50 bits per heavy atom. The van der Waals surface area contributed by atoms with Crippen LogP contribution in [0.4, 0.5) is 23.7 Å². The van der Waals surface area contributed by atoms with E-state index in [-0.39, 0.29) is 17.3 Å². The molecule has 1 N–H and O–H groups in total. The lowest BCUT2D eigenvalue weighted by molar-refractivity contribution is -0.137. The minimum Gasteiger partial charge on any atom is -0.367 e. The number of thioether (sulfide) groups is 1. The van der Waals surface area contributed by atoms with Crippen LogP contribution < -0.4 is 5.32 Å². The second-order valence-electron chi connectivity index (χ2n) is 5.82. The third-order valence-electron chi connectivity index (χ3n) is 3.84. The Balaban J connectivity index is 1.64.